The first-order chi connectivity index (χ1) is 6.18. The number of rotatable bonds is 1. The molecule has 2 unspecified atom stereocenters. The van der Waals surface area contributed by atoms with Crippen molar-refractivity contribution in [2.75, 3.05) is 5.75 Å². The summed E-state index contributed by atoms with van der Waals surface area (Å²) in [5.74, 6) is 2.17. The van der Waals surface area contributed by atoms with E-state index in [1.165, 1.54) is 6.42 Å². The highest BCUT2D eigenvalue weighted by molar-refractivity contribution is 8.00. The Hall–Kier alpha value is -0.290. The van der Waals surface area contributed by atoms with Crippen LogP contribution in [-0.2, 0) is 0 Å². The maximum Gasteiger partial charge on any atom is 0.195 e. The molecule has 0 aromatic carbocycles. The van der Waals surface area contributed by atoms with Crippen LogP contribution in [0.4, 0.5) is 0 Å². The van der Waals surface area contributed by atoms with Crippen LogP contribution in [0.3, 0.4) is 0 Å². The van der Waals surface area contributed by atoms with Crippen LogP contribution in [0.1, 0.15) is 25.2 Å². The molecule has 1 aromatic rings. The number of thioether (sulfide) groups is 1. The minimum Gasteiger partial charge on any atom is -0.300 e. The molecule has 1 saturated heterocycles. The van der Waals surface area contributed by atoms with E-state index in [4.69, 9.17) is 12.2 Å². The molecule has 72 valence electrons. The highest BCUT2D eigenvalue weighted by atomic mass is 32.2. The number of hydrogen-bond donors (Lipinski definition) is 1. The highest BCUT2D eigenvalue weighted by Gasteiger charge is 2.24. The van der Waals surface area contributed by atoms with Crippen LogP contribution < -0.4 is 0 Å². The van der Waals surface area contributed by atoms with Crippen molar-refractivity contribution in [1.29, 1.82) is 0 Å². The lowest BCUT2D eigenvalue weighted by Gasteiger charge is -2.11. The number of H-pyrrole nitrogens is 1. The molecule has 0 radical (unpaired) electrons. The van der Waals surface area contributed by atoms with Gasteiger partial charge < -0.3 is 4.57 Å². The first-order valence-corrected chi connectivity index (χ1v) is 5.89. The van der Waals surface area contributed by atoms with Crippen LogP contribution in [-0.4, -0.2) is 25.8 Å². The molecule has 1 aromatic heterocycles. The van der Waals surface area contributed by atoms with E-state index < -0.39 is 0 Å². The maximum atomic E-state index is 5.18. The number of aryl methyl sites for hydroxylation is 1. The molecule has 0 aliphatic carbocycles. The van der Waals surface area contributed by atoms with Gasteiger partial charge in [0.05, 0.1) is 0 Å². The summed E-state index contributed by atoms with van der Waals surface area (Å²) in [6.45, 7) is 4.27. The summed E-state index contributed by atoms with van der Waals surface area (Å²) >= 11 is 7.20. The third kappa shape index (κ3) is 1.67. The molecule has 2 heterocycles. The first-order valence-electron chi connectivity index (χ1n) is 4.43. The van der Waals surface area contributed by atoms with Crippen molar-refractivity contribution < 1.29 is 0 Å². The molecule has 1 N–H and O–H groups in total. The van der Waals surface area contributed by atoms with E-state index in [0.29, 0.717) is 6.04 Å². The number of aromatic nitrogens is 3. The molecule has 13 heavy (non-hydrogen) atoms. The van der Waals surface area contributed by atoms with Crippen molar-refractivity contribution >= 4 is 24.0 Å². The molecule has 2 atom stereocenters. The van der Waals surface area contributed by atoms with Gasteiger partial charge in [-0.05, 0) is 25.6 Å². The zero-order valence-corrected chi connectivity index (χ0v) is 9.41. The largest absolute Gasteiger partial charge is 0.300 e. The molecule has 1 aliphatic rings. The zero-order chi connectivity index (χ0) is 9.42. The third-order valence-corrected chi connectivity index (χ3v) is 4.05. The van der Waals surface area contributed by atoms with E-state index in [9.17, 15) is 0 Å². The van der Waals surface area contributed by atoms with E-state index in [-0.39, 0.29) is 0 Å². The van der Waals surface area contributed by atoms with Gasteiger partial charge in [-0.25, -0.2) is 0 Å². The summed E-state index contributed by atoms with van der Waals surface area (Å²) in [6, 6.07) is 0.547. The Morgan fingerprint density at radius 3 is 2.92 bits per heavy atom. The molecule has 3 nitrogen and oxygen atoms in total. The van der Waals surface area contributed by atoms with Gasteiger partial charge in [-0.3, -0.25) is 5.10 Å². The Morgan fingerprint density at radius 2 is 2.46 bits per heavy atom. The van der Waals surface area contributed by atoms with E-state index >= 15 is 0 Å². The SMILES string of the molecule is Cc1n[nH]c(=S)n1C1CSC(C)C1. The summed E-state index contributed by atoms with van der Waals surface area (Å²) in [7, 11) is 0. The van der Waals surface area contributed by atoms with Crippen LogP contribution in [0, 0.1) is 11.7 Å². The van der Waals surface area contributed by atoms with Crippen molar-refractivity contribution in [3.05, 3.63) is 10.6 Å². The van der Waals surface area contributed by atoms with Gasteiger partial charge in [0.15, 0.2) is 4.77 Å². The normalized spacial score (nSPS) is 28.2. The summed E-state index contributed by atoms with van der Waals surface area (Å²) in [5, 5.41) is 7.71. The number of hydrogen-bond acceptors (Lipinski definition) is 3. The van der Waals surface area contributed by atoms with Gasteiger partial charge in [-0.2, -0.15) is 16.9 Å². The Labute approximate surface area is 86.9 Å². The molecule has 5 heteroatoms. The average Bonchev–Trinajstić information content (AvgIpc) is 2.60. The third-order valence-electron chi connectivity index (χ3n) is 2.42. The molecule has 0 spiro atoms. The number of nitrogens with one attached hydrogen (secondary N) is 1. The van der Waals surface area contributed by atoms with E-state index in [1.807, 2.05) is 18.7 Å². The van der Waals surface area contributed by atoms with Crippen LogP contribution >= 0.6 is 24.0 Å². The van der Waals surface area contributed by atoms with Crippen LogP contribution in [0.2, 0.25) is 0 Å². The molecule has 2 rings (SSSR count). The minimum absolute atomic E-state index is 0.547. The van der Waals surface area contributed by atoms with Gasteiger partial charge in [-0.1, -0.05) is 6.92 Å². The Bertz CT molecular complexity index is 355. The zero-order valence-electron chi connectivity index (χ0n) is 7.78. The molecule has 0 bridgehead atoms. The molecular formula is C8H13N3S2. The molecule has 1 fully saturated rings. The second kappa shape index (κ2) is 3.46. The van der Waals surface area contributed by atoms with Gasteiger partial charge in [0.2, 0.25) is 0 Å². The lowest BCUT2D eigenvalue weighted by Crippen LogP contribution is -2.10. The van der Waals surface area contributed by atoms with Gasteiger partial charge in [0.1, 0.15) is 5.82 Å². The fraction of sp³-hybridized carbons (Fsp3) is 0.750. The van der Waals surface area contributed by atoms with Gasteiger partial charge in [0, 0.05) is 17.0 Å². The lowest BCUT2D eigenvalue weighted by atomic mass is 10.2. The Morgan fingerprint density at radius 1 is 1.69 bits per heavy atom. The predicted molar refractivity (Wildman–Crippen MR) is 57.7 cm³/mol. The lowest BCUT2D eigenvalue weighted by molar-refractivity contribution is 0.518. The summed E-state index contributed by atoms with van der Waals surface area (Å²) in [4.78, 5) is 0. The highest BCUT2D eigenvalue weighted by Crippen LogP contribution is 2.34. The monoisotopic (exact) mass is 215 g/mol. The number of aromatic amines is 1. The van der Waals surface area contributed by atoms with Crippen molar-refractivity contribution in [2.24, 2.45) is 0 Å². The second-order valence-electron chi connectivity index (χ2n) is 3.48. The predicted octanol–water partition coefficient (Wildman–Crippen LogP) is 2.32. The summed E-state index contributed by atoms with van der Waals surface area (Å²) in [5.41, 5.74) is 0. The smallest absolute Gasteiger partial charge is 0.195 e. The summed E-state index contributed by atoms with van der Waals surface area (Å²) in [6.07, 6.45) is 1.21. The topological polar surface area (TPSA) is 33.6 Å². The quantitative estimate of drug-likeness (QED) is 0.730. The fourth-order valence-corrected chi connectivity index (χ4v) is 3.31. The van der Waals surface area contributed by atoms with Crippen LogP contribution in [0.5, 0.6) is 0 Å². The van der Waals surface area contributed by atoms with Crippen molar-refractivity contribution in [3.63, 3.8) is 0 Å². The van der Waals surface area contributed by atoms with Gasteiger partial charge >= 0.3 is 0 Å². The van der Waals surface area contributed by atoms with E-state index in [2.05, 4.69) is 21.7 Å². The molecular weight excluding hydrogens is 202 g/mol. The Balaban J connectivity index is 2.30. The molecule has 0 amide bonds. The van der Waals surface area contributed by atoms with Crippen LogP contribution in [0.25, 0.3) is 0 Å². The van der Waals surface area contributed by atoms with E-state index in [1.54, 1.807) is 0 Å². The van der Waals surface area contributed by atoms with Gasteiger partial charge in [0.25, 0.3) is 0 Å². The molecule has 1 aliphatic heterocycles. The van der Waals surface area contributed by atoms with Crippen LogP contribution in [0.15, 0.2) is 0 Å². The minimum atomic E-state index is 0.547. The second-order valence-corrected chi connectivity index (χ2v) is 5.34. The van der Waals surface area contributed by atoms with Crippen molar-refractivity contribution in [2.45, 2.75) is 31.6 Å². The summed E-state index contributed by atoms with van der Waals surface area (Å²) < 4.78 is 2.91. The molecule has 0 saturated carbocycles. The Kier molecular flexibility index (Phi) is 2.47. The van der Waals surface area contributed by atoms with Crippen molar-refractivity contribution in [1.82, 2.24) is 14.8 Å². The van der Waals surface area contributed by atoms with E-state index in [0.717, 1.165) is 21.6 Å². The maximum absolute atomic E-state index is 5.18. The number of nitrogens with zero attached hydrogens (tertiary/aromatic N) is 2. The first kappa shape index (κ1) is 9.27. The fourth-order valence-electron chi connectivity index (χ4n) is 1.79. The standard InChI is InChI=1S/C8H13N3S2/c1-5-3-7(4-13-5)11-6(2)9-10-8(11)12/h5,7H,3-4H2,1-2H3,(H,10,12). The average molecular weight is 215 g/mol. The van der Waals surface area contributed by atoms with Gasteiger partial charge in [-0.15, -0.1) is 0 Å². The van der Waals surface area contributed by atoms with Crippen molar-refractivity contribution in [3.8, 4) is 0 Å².